The number of aryl methyl sites for hydroxylation is 2. The number of benzene rings is 2. The van der Waals surface area contributed by atoms with E-state index in [1.807, 2.05) is 36.4 Å². The summed E-state index contributed by atoms with van der Waals surface area (Å²) in [7, 11) is 0. The van der Waals surface area contributed by atoms with Gasteiger partial charge in [0.05, 0.1) is 0 Å². The Kier molecular flexibility index (Phi) is 4.38. The van der Waals surface area contributed by atoms with Crippen LogP contribution in [-0.2, 0) is 24.1 Å². The molecule has 2 aromatic carbocycles. The third-order valence-electron chi connectivity index (χ3n) is 6.23. The minimum absolute atomic E-state index is 0.0663. The molecule has 5 nitrogen and oxygen atoms in total. The van der Waals surface area contributed by atoms with Crippen LogP contribution in [0.5, 0.6) is 0 Å². The van der Waals surface area contributed by atoms with Gasteiger partial charge in [-0.05, 0) is 74.4 Å². The minimum Gasteiger partial charge on any atom is -0.358 e. The van der Waals surface area contributed by atoms with Crippen molar-refractivity contribution in [2.45, 2.75) is 45.1 Å². The molecule has 0 bridgehead atoms. The number of hydrogen-bond acceptors (Lipinski definition) is 2. The van der Waals surface area contributed by atoms with Gasteiger partial charge in [-0.1, -0.05) is 18.2 Å². The number of nitrogens with zero attached hydrogens (tertiary/aromatic N) is 1. The van der Waals surface area contributed by atoms with Crippen molar-refractivity contribution in [2.24, 2.45) is 0 Å². The lowest BCUT2D eigenvalue weighted by Crippen LogP contribution is -2.46. The molecule has 5 heteroatoms. The predicted octanol–water partition coefficient (Wildman–Crippen LogP) is 3.75. The smallest absolute Gasteiger partial charge is 0.251 e. The molecule has 3 aromatic rings. The highest BCUT2D eigenvalue weighted by molar-refractivity contribution is 6.04. The first-order valence-corrected chi connectivity index (χ1v) is 10.5. The SMILES string of the molecule is CC(NC(=O)c1ccc2[nH]c3c(c2c1)CCCC3)C(=O)N1CCc2ccccc21. The Morgan fingerprint density at radius 3 is 2.79 bits per heavy atom. The first-order chi connectivity index (χ1) is 14.1. The van der Waals surface area contributed by atoms with Gasteiger partial charge in [0.1, 0.15) is 6.04 Å². The van der Waals surface area contributed by atoms with E-state index in [0.29, 0.717) is 12.1 Å². The Labute approximate surface area is 170 Å². The van der Waals surface area contributed by atoms with Gasteiger partial charge >= 0.3 is 0 Å². The zero-order valence-corrected chi connectivity index (χ0v) is 16.6. The molecule has 1 aliphatic carbocycles. The number of hydrogen-bond donors (Lipinski definition) is 2. The van der Waals surface area contributed by atoms with Crippen LogP contribution < -0.4 is 10.2 Å². The van der Waals surface area contributed by atoms with Crippen LogP contribution in [0.3, 0.4) is 0 Å². The van der Waals surface area contributed by atoms with Crippen LogP contribution >= 0.6 is 0 Å². The van der Waals surface area contributed by atoms with Crippen molar-refractivity contribution in [3.8, 4) is 0 Å². The molecule has 1 unspecified atom stereocenters. The average molecular weight is 387 g/mol. The fourth-order valence-corrected chi connectivity index (χ4v) is 4.69. The lowest BCUT2D eigenvalue weighted by Gasteiger charge is -2.22. The molecular weight excluding hydrogens is 362 g/mol. The normalized spacial score (nSPS) is 16.4. The van der Waals surface area contributed by atoms with Crippen molar-refractivity contribution in [1.29, 1.82) is 0 Å². The maximum Gasteiger partial charge on any atom is 0.251 e. The lowest BCUT2D eigenvalue weighted by molar-refractivity contribution is -0.119. The van der Waals surface area contributed by atoms with E-state index in [0.717, 1.165) is 35.9 Å². The molecular formula is C24H25N3O2. The molecule has 1 aliphatic heterocycles. The van der Waals surface area contributed by atoms with Crippen LogP contribution in [0.25, 0.3) is 10.9 Å². The van der Waals surface area contributed by atoms with Gasteiger partial charge in [-0.3, -0.25) is 9.59 Å². The maximum absolute atomic E-state index is 12.9. The Balaban J connectivity index is 1.34. The van der Waals surface area contributed by atoms with E-state index in [4.69, 9.17) is 0 Å². The summed E-state index contributed by atoms with van der Waals surface area (Å²) in [5.41, 5.74) is 6.48. The number of carbonyl (C=O) groups is 2. The van der Waals surface area contributed by atoms with Gasteiger partial charge in [-0.25, -0.2) is 0 Å². The number of anilines is 1. The van der Waals surface area contributed by atoms with E-state index in [1.54, 1.807) is 11.8 Å². The van der Waals surface area contributed by atoms with Gasteiger partial charge in [-0.15, -0.1) is 0 Å². The zero-order chi connectivity index (χ0) is 20.0. The van der Waals surface area contributed by atoms with E-state index >= 15 is 0 Å². The Morgan fingerprint density at radius 2 is 1.90 bits per heavy atom. The first kappa shape index (κ1) is 18.0. The summed E-state index contributed by atoms with van der Waals surface area (Å²) in [6.07, 6.45) is 5.40. The number of nitrogens with one attached hydrogen (secondary N) is 2. The maximum atomic E-state index is 12.9. The summed E-state index contributed by atoms with van der Waals surface area (Å²) in [5, 5.41) is 4.04. The van der Waals surface area contributed by atoms with Crippen LogP contribution in [0.15, 0.2) is 42.5 Å². The highest BCUT2D eigenvalue weighted by Gasteiger charge is 2.28. The van der Waals surface area contributed by atoms with Gasteiger partial charge in [0, 0.05) is 34.4 Å². The van der Waals surface area contributed by atoms with E-state index < -0.39 is 6.04 Å². The van der Waals surface area contributed by atoms with Crippen molar-refractivity contribution < 1.29 is 9.59 Å². The van der Waals surface area contributed by atoms with Crippen LogP contribution in [0.2, 0.25) is 0 Å². The van der Waals surface area contributed by atoms with E-state index in [-0.39, 0.29) is 11.8 Å². The fraction of sp³-hybridized carbons (Fsp3) is 0.333. The van der Waals surface area contributed by atoms with E-state index in [1.165, 1.54) is 29.7 Å². The van der Waals surface area contributed by atoms with Gasteiger partial charge in [0.15, 0.2) is 0 Å². The number of amides is 2. The van der Waals surface area contributed by atoms with Crippen LogP contribution in [0.4, 0.5) is 5.69 Å². The third-order valence-corrected chi connectivity index (χ3v) is 6.23. The summed E-state index contributed by atoms with van der Waals surface area (Å²) in [5.74, 6) is -0.269. The van der Waals surface area contributed by atoms with Crippen molar-refractivity contribution >= 4 is 28.4 Å². The zero-order valence-electron chi connectivity index (χ0n) is 16.6. The lowest BCUT2D eigenvalue weighted by atomic mass is 9.95. The molecule has 1 aromatic heterocycles. The summed E-state index contributed by atoms with van der Waals surface area (Å²) in [6.45, 7) is 2.43. The highest BCUT2D eigenvalue weighted by Crippen LogP contribution is 2.30. The molecule has 0 saturated heterocycles. The number of rotatable bonds is 3. The molecule has 2 aliphatic rings. The molecule has 2 amide bonds. The molecule has 2 heterocycles. The number of para-hydroxylation sites is 1. The number of fused-ring (bicyclic) bond motifs is 4. The number of aromatic nitrogens is 1. The Morgan fingerprint density at radius 1 is 1.07 bits per heavy atom. The second kappa shape index (κ2) is 7.07. The standard InChI is InChI=1S/C24H25N3O2/c1-15(24(29)27-13-12-16-6-2-5-9-22(16)27)25-23(28)17-10-11-21-19(14-17)18-7-3-4-8-20(18)26-21/h2,5-6,9-11,14-15,26H,3-4,7-8,12-13H2,1H3,(H,25,28). The molecule has 0 spiro atoms. The van der Waals surface area contributed by atoms with Crippen molar-refractivity contribution in [1.82, 2.24) is 10.3 Å². The molecule has 0 saturated carbocycles. The molecule has 0 fully saturated rings. The van der Waals surface area contributed by atoms with Crippen molar-refractivity contribution in [3.05, 3.63) is 64.8 Å². The topological polar surface area (TPSA) is 65.2 Å². The highest BCUT2D eigenvalue weighted by atomic mass is 16.2. The largest absolute Gasteiger partial charge is 0.358 e. The van der Waals surface area contributed by atoms with Crippen molar-refractivity contribution in [2.75, 3.05) is 11.4 Å². The molecule has 2 N–H and O–H groups in total. The Bertz CT molecular complexity index is 1110. The second-order valence-corrected chi connectivity index (χ2v) is 8.11. The average Bonchev–Trinajstić information content (AvgIpc) is 3.34. The van der Waals surface area contributed by atoms with Crippen LogP contribution in [0, 0.1) is 0 Å². The van der Waals surface area contributed by atoms with E-state index in [9.17, 15) is 9.59 Å². The van der Waals surface area contributed by atoms with Crippen LogP contribution in [0.1, 0.15) is 46.9 Å². The van der Waals surface area contributed by atoms with Gasteiger partial charge in [0.2, 0.25) is 5.91 Å². The molecule has 5 rings (SSSR count). The quantitative estimate of drug-likeness (QED) is 0.719. The minimum atomic E-state index is -0.579. The van der Waals surface area contributed by atoms with Gasteiger partial charge in [-0.2, -0.15) is 0 Å². The summed E-state index contributed by atoms with van der Waals surface area (Å²) in [6, 6.07) is 13.2. The summed E-state index contributed by atoms with van der Waals surface area (Å²) >= 11 is 0. The Hall–Kier alpha value is -3.08. The van der Waals surface area contributed by atoms with Gasteiger partial charge in [0.25, 0.3) is 5.91 Å². The van der Waals surface area contributed by atoms with Crippen LogP contribution in [-0.4, -0.2) is 29.4 Å². The fourth-order valence-electron chi connectivity index (χ4n) is 4.69. The second-order valence-electron chi connectivity index (χ2n) is 8.11. The summed E-state index contributed by atoms with van der Waals surface area (Å²) in [4.78, 5) is 31.1. The molecule has 0 radical (unpaired) electrons. The number of carbonyl (C=O) groups excluding carboxylic acids is 2. The summed E-state index contributed by atoms with van der Waals surface area (Å²) < 4.78 is 0. The number of aromatic amines is 1. The van der Waals surface area contributed by atoms with E-state index in [2.05, 4.69) is 16.4 Å². The third kappa shape index (κ3) is 3.11. The molecule has 1 atom stereocenters. The van der Waals surface area contributed by atoms with Gasteiger partial charge < -0.3 is 15.2 Å². The molecule has 148 valence electrons. The predicted molar refractivity (Wildman–Crippen MR) is 114 cm³/mol. The first-order valence-electron chi connectivity index (χ1n) is 10.5. The molecule has 29 heavy (non-hydrogen) atoms. The number of H-pyrrole nitrogens is 1. The monoisotopic (exact) mass is 387 g/mol. The van der Waals surface area contributed by atoms with Crippen molar-refractivity contribution in [3.63, 3.8) is 0 Å².